The third kappa shape index (κ3) is 4.74. The van der Waals surface area contributed by atoms with Gasteiger partial charge in [0.1, 0.15) is 0 Å². The number of H-pyrrole nitrogens is 1. The van der Waals surface area contributed by atoms with Crippen LogP contribution in [0, 0.1) is 5.92 Å². The molecule has 0 radical (unpaired) electrons. The van der Waals surface area contributed by atoms with E-state index in [-0.39, 0.29) is 17.7 Å². The SMILES string of the molecule is CCc1ccc([C@H](NC(=O)COC(=O)c2n[nH]c(=O)c3ccccc23)C(C)C)cc1. The first kappa shape index (κ1) is 21.2. The van der Waals surface area contributed by atoms with E-state index in [0.717, 1.165) is 12.0 Å². The summed E-state index contributed by atoms with van der Waals surface area (Å²) < 4.78 is 5.16. The number of rotatable bonds is 7. The summed E-state index contributed by atoms with van der Waals surface area (Å²) in [6.45, 7) is 5.68. The highest BCUT2D eigenvalue weighted by Crippen LogP contribution is 2.22. The van der Waals surface area contributed by atoms with Crippen molar-refractivity contribution in [2.24, 2.45) is 5.92 Å². The number of nitrogens with one attached hydrogen (secondary N) is 2. The number of carbonyl (C=O) groups is 2. The van der Waals surface area contributed by atoms with Crippen LogP contribution in [-0.4, -0.2) is 28.7 Å². The number of aromatic nitrogens is 2. The third-order valence-corrected chi connectivity index (χ3v) is 4.95. The normalized spacial score (nSPS) is 12.0. The molecule has 0 saturated heterocycles. The second kappa shape index (κ2) is 9.35. The van der Waals surface area contributed by atoms with E-state index in [4.69, 9.17) is 4.74 Å². The molecule has 2 N–H and O–H groups in total. The van der Waals surface area contributed by atoms with Crippen LogP contribution < -0.4 is 10.9 Å². The molecule has 1 amide bonds. The van der Waals surface area contributed by atoms with E-state index in [1.807, 2.05) is 38.1 Å². The number of hydrogen-bond acceptors (Lipinski definition) is 5. The Kier molecular flexibility index (Phi) is 6.61. The summed E-state index contributed by atoms with van der Waals surface area (Å²) in [4.78, 5) is 36.7. The molecule has 0 aliphatic rings. The minimum Gasteiger partial charge on any atom is -0.451 e. The summed E-state index contributed by atoms with van der Waals surface area (Å²) in [5.41, 5.74) is 1.79. The van der Waals surface area contributed by atoms with Crippen molar-refractivity contribution in [2.45, 2.75) is 33.2 Å². The number of hydrogen-bond donors (Lipinski definition) is 2. The standard InChI is InChI=1S/C23H25N3O4/c1-4-15-9-11-16(12-10-15)20(14(2)3)24-19(27)13-30-23(29)21-17-7-5-6-8-18(17)22(28)26-25-21/h5-12,14,20H,4,13H2,1-3H3,(H,24,27)(H,26,28)/t20-/m1/s1. The van der Waals surface area contributed by atoms with Crippen molar-refractivity contribution in [1.82, 2.24) is 15.5 Å². The molecule has 156 valence electrons. The molecule has 0 unspecified atom stereocenters. The first-order valence-electron chi connectivity index (χ1n) is 9.93. The van der Waals surface area contributed by atoms with Gasteiger partial charge >= 0.3 is 5.97 Å². The fourth-order valence-corrected chi connectivity index (χ4v) is 3.28. The number of aromatic amines is 1. The highest BCUT2D eigenvalue weighted by molar-refractivity contribution is 6.02. The lowest BCUT2D eigenvalue weighted by Crippen LogP contribution is -2.35. The van der Waals surface area contributed by atoms with E-state index in [1.165, 1.54) is 5.56 Å². The lowest BCUT2D eigenvalue weighted by atomic mass is 9.95. The van der Waals surface area contributed by atoms with Crippen molar-refractivity contribution in [1.29, 1.82) is 0 Å². The topological polar surface area (TPSA) is 101 Å². The Morgan fingerprint density at radius 2 is 1.73 bits per heavy atom. The maximum Gasteiger partial charge on any atom is 0.359 e. The van der Waals surface area contributed by atoms with Gasteiger partial charge in [-0.1, -0.05) is 63.2 Å². The van der Waals surface area contributed by atoms with Crippen LogP contribution in [0.15, 0.2) is 53.3 Å². The van der Waals surface area contributed by atoms with E-state index >= 15 is 0 Å². The molecule has 7 heteroatoms. The molecule has 0 bridgehead atoms. The van der Waals surface area contributed by atoms with Gasteiger partial charge in [0.15, 0.2) is 12.3 Å². The molecule has 1 heterocycles. The molecule has 0 spiro atoms. The fraction of sp³-hybridized carbons (Fsp3) is 0.304. The average Bonchev–Trinajstić information content (AvgIpc) is 2.76. The average molecular weight is 407 g/mol. The van der Waals surface area contributed by atoms with Gasteiger partial charge in [0.05, 0.1) is 11.4 Å². The molecule has 2 aromatic carbocycles. The molecule has 30 heavy (non-hydrogen) atoms. The zero-order valence-corrected chi connectivity index (χ0v) is 17.3. The Morgan fingerprint density at radius 1 is 1.07 bits per heavy atom. The van der Waals surface area contributed by atoms with Crippen molar-refractivity contribution < 1.29 is 14.3 Å². The Bertz CT molecular complexity index is 1100. The Balaban J connectivity index is 1.68. The Labute approximate surface area is 174 Å². The molecular weight excluding hydrogens is 382 g/mol. The van der Waals surface area contributed by atoms with E-state index < -0.39 is 24.0 Å². The Morgan fingerprint density at radius 3 is 2.37 bits per heavy atom. The molecule has 3 aromatic rings. The number of benzene rings is 2. The minimum absolute atomic E-state index is 0.0337. The number of ether oxygens (including phenoxy) is 1. The maximum absolute atomic E-state index is 12.4. The molecule has 7 nitrogen and oxygen atoms in total. The number of amides is 1. The zero-order valence-electron chi connectivity index (χ0n) is 17.3. The molecular formula is C23H25N3O4. The number of esters is 1. The Hall–Kier alpha value is -3.48. The smallest absolute Gasteiger partial charge is 0.359 e. The van der Waals surface area contributed by atoms with Gasteiger partial charge in [0.25, 0.3) is 11.5 Å². The van der Waals surface area contributed by atoms with Crippen LogP contribution in [0.2, 0.25) is 0 Å². The van der Waals surface area contributed by atoms with Crippen molar-refractivity contribution in [3.63, 3.8) is 0 Å². The number of fused-ring (bicyclic) bond motifs is 1. The van der Waals surface area contributed by atoms with Crippen LogP contribution in [0.3, 0.4) is 0 Å². The van der Waals surface area contributed by atoms with Crippen molar-refractivity contribution >= 4 is 22.6 Å². The fourth-order valence-electron chi connectivity index (χ4n) is 3.28. The summed E-state index contributed by atoms with van der Waals surface area (Å²) in [6.07, 6.45) is 0.947. The number of aryl methyl sites for hydroxylation is 1. The first-order chi connectivity index (χ1) is 14.4. The number of carbonyl (C=O) groups excluding carboxylic acids is 2. The monoisotopic (exact) mass is 407 g/mol. The molecule has 1 aromatic heterocycles. The quantitative estimate of drug-likeness (QED) is 0.586. The molecule has 0 aliphatic carbocycles. The molecule has 0 fully saturated rings. The number of nitrogens with zero attached hydrogens (tertiary/aromatic N) is 1. The van der Waals surface area contributed by atoms with E-state index in [0.29, 0.717) is 10.8 Å². The second-order valence-corrected chi connectivity index (χ2v) is 7.41. The maximum atomic E-state index is 12.4. The van der Waals surface area contributed by atoms with Crippen LogP contribution in [-0.2, 0) is 16.0 Å². The second-order valence-electron chi connectivity index (χ2n) is 7.41. The van der Waals surface area contributed by atoms with Gasteiger partial charge in [-0.3, -0.25) is 9.59 Å². The van der Waals surface area contributed by atoms with Crippen molar-refractivity contribution in [3.05, 3.63) is 75.7 Å². The molecule has 0 aliphatic heterocycles. The van der Waals surface area contributed by atoms with Crippen molar-refractivity contribution in [3.8, 4) is 0 Å². The summed E-state index contributed by atoms with van der Waals surface area (Å²) in [6, 6.07) is 14.5. The highest BCUT2D eigenvalue weighted by Gasteiger charge is 2.21. The van der Waals surface area contributed by atoms with Crippen LogP contribution in [0.25, 0.3) is 10.8 Å². The summed E-state index contributed by atoms with van der Waals surface area (Å²) >= 11 is 0. The van der Waals surface area contributed by atoms with Gasteiger partial charge in [-0.25, -0.2) is 9.89 Å². The van der Waals surface area contributed by atoms with E-state index in [2.05, 4.69) is 22.4 Å². The van der Waals surface area contributed by atoms with Gasteiger partial charge < -0.3 is 10.1 Å². The first-order valence-corrected chi connectivity index (χ1v) is 9.93. The predicted molar refractivity (Wildman–Crippen MR) is 114 cm³/mol. The third-order valence-electron chi connectivity index (χ3n) is 4.95. The molecule has 1 atom stereocenters. The van der Waals surface area contributed by atoms with Gasteiger partial charge in [0.2, 0.25) is 0 Å². The van der Waals surface area contributed by atoms with Crippen molar-refractivity contribution in [2.75, 3.05) is 6.61 Å². The predicted octanol–water partition coefficient (Wildman–Crippen LogP) is 3.16. The summed E-state index contributed by atoms with van der Waals surface area (Å²) in [7, 11) is 0. The van der Waals surface area contributed by atoms with Crippen LogP contribution in [0.1, 0.15) is 48.4 Å². The molecule has 0 saturated carbocycles. The van der Waals surface area contributed by atoms with Gasteiger partial charge in [-0.15, -0.1) is 0 Å². The van der Waals surface area contributed by atoms with Gasteiger partial charge in [-0.05, 0) is 29.5 Å². The van der Waals surface area contributed by atoms with Crippen LogP contribution in [0.5, 0.6) is 0 Å². The highest BCUT2D eigenvalue weighted by atomic mass is 16.5. The summed E-state index contributed by atoms with van der Waals surface area (Å²) in [5.74, 6) is -1.02. The largest absolute Gasteiger partial charge is 0.451 e. The summed E-state index contributed by atoms with van der Waals surface area (Å²) in [5, 5.41) is 9.72. The van der Waals surface area contributed by atoms with Gasteiger partial charge in [-0.2, -0.15) is 5.10 Å². The van der Waals surface area contributed by atoms with E-state index in [1.54, 1.807) is 24.3 Å². The van der Waals surface area contributed by atoms with E-state index in [9.17, 15) is 14.4 Å². The van der Waals surface area contributed by atoms with Crippen LogP contribution in [0.4, 0.5) is 0 Å². The van der Waals surface area contributed by atoms with Gasteiger partial charge in [0, 0.05) is 5.39 Å². The molecule has 3 rings (SSSR count). The minimum atomic E-state index is -0.772. The lowest BCUT2D eigenvalue weighted by Gasteiger charge is -2.23. The lowest BCUT2D eigenvalue weighted by molar-refractivity contribution is -0.125. The van der Waals surface area contributed by atoms with Crippen LogP contribution >= 0.6 is 0 Å². The zero-order chi connectivity index (χ0) is 21.7.